The van der Waals surface area contributed by atoms with Gasteiger partial charge in [-0.1, -0.05) is 38.1 Å². The lowest BCUT2D eigenvalue weighted by Gasteiger charge is -2.27. The number of alkyl halides is 3. The largest absolute Gasteiger partial charge is 0.573 e. The molecule has 0 aliphatic heterocycles. The van der Waals surface area contributed by atoms with Crippen LogP contribution in [-0.2, 0) is 17.8 Å². The molecule has 1 N–H and O–H groups in total. The number of aliphatic carboxylic acids is 1. The second-order valence-corrected chi connectivity index (χ2v) is 9.20. The number of aryl methyl sites for hydroxylation is 1. The van der Waals surface area contributed by atoms with E-state index in [4.69, 9.17) is 4.74 Å². The van der Waals surface area contributed by atoms with Crippen molar-refractivity contribution in [2.24, 2.45) is 0 Å². The summed E-state index contributed by atoms with van der Waals surface area (Å²) >= 11 is 0. The standard InChI is InChI=1S/C27H30F3N3O4/c1-5-19-14-31-25(32-15-19)33(17-20-6-10-23(11-7-20)37-27(28,29)30)16-18(2)21-8-12-22(13-9-21)36-26(3,4)24(34)35/h6-15,18H,5,16-17H2,1-4H3,(H,34,35). The van der Waals surface area contributed by atoms with Gasteiger partial charge in [-0.25, -0.2) is 14.8 Å². The number of carboxylic acid groups (broad SMARTS) is 1. The molecule has 3 aromatic rings. The lowest BCUT2D eigenvalue weighted by Crippen LogP contribution is -2.37. The smallest absolute Gasteiger partial charge is 0.478 e. The molecule has 7 nitrogen and oxygen atoms in total. The van der Waals surface area contributed by atoms with Gasteiger partial charge in [0, 0.05) is 25.5 Å². The number of rotatable bonds is 11. The van der Waals surface area contributed by atoms with Crippen molar-refractivity contribution in [3.63, 3.8) is 0 Å². The fourth-order valence-electron chi connectivity index (χ4n) is 3.57. The SMILES string of the molecule is CCc1cnc(N(Cc2ccc(OC(F)(F)F)cc2)CC(C)c2ccc(OC(C)(C)C(=O)O)cc2)nc1. The third kappa shape index (κ3) is 8.09. The molecule has 0 saturated carbocycles. The first-order valence-electron chi connectivity index (χ1n) is 11.8. The Labute approximate surface area is 213 Å². The van der Waals surface area contributed by atoms with Gasteiger partial charge in [0.2, 0.25) is 5.95 Å². The van der Waals surface area contributed by atoms with E-state index in [0.29, 0.717) is 24.8 Å². The van der Waals surface area contributed by atoms with Gasteiger partial charge in [0.15, 0.2) is 5.60 Å². The Kier molecular flexibility index (Phi) is 8.62. The minimum atomic E-state index is -4.75. The first-order valence-corrected chi connectivity index (χ1v) is 11.8. The van der Waals surface area contributed by atoms with Crippen LogP contribution in [0.5, 0.6) is 11.5 Å². The molecule has 0 bridgehead atoms. The van der Waals surface area contributed by atoms with E-state index < -0.39 is 17.9 Å². The minimum Gasteiger partial charge on any atom is -0.478 e. The summed E-state index contributed by atoms with van der Waals surface area (Å²) in [6, 6.07) is 12.9. The number of anilines is 1. The van der Waals surface area contributed by atoms with Gasteiger partial charge in [-0.05, 0) is 67.1 Å². The van der Waals surface area contributed by atoms with Crippen LogP contribution in [0.2, 0.25) is 0 Å². The van der Waals surface area contributed by atoms with Crippen LogP contribution < -0.4 is 14.4 Å². The Hall–Kier alpha value is -3.82. The van der Waals surface area contributed by atoms with Gasteiger partial charge >= 0.3 is 12.3 Å². The third-order valence-corrected chi connectivity index (χ3v) is 5.74. The van der Waals surface area contributed by atoms with Crippen LogP contribution in [0.4, 0.5) is 19.1 Å². The van der Waals surface area contributed by atoms with Crippen LogP contribution in [-0.4, -0.2) is 39.6 Å². The second kappa shape index (κ2) is 11.5. The van der Waals surface area contributed by atoms with Gasteiger partial charge in [0.05, 0.1) is 0 Å². The first kappa shape index (κ1) is 27.8. The normalized spacial score (nSPS) is 12.6. The summed E-state index contributed by atoms with van der Waals surface area (Å²) in [5, 5.41) is 9.27. The zero-order valence-electron chi connectivity index (χ0n) is 21.1. The zero-order chi connectivity index (χ0) is 27.2. The van der Waals surface area contributed by atoms with Crippen molar-refractivity contribution in [2.45, 2.75) is 58.5 Å². The van der Waals surface area contributed by atoms with Gasteiger partial charge in [0.1, 0.15) is 11.5 Å². The van der Waals surface area contributed by atoms with Crippen LogP contribution in [0.1, 0.15) is 50.3 Å². The molecule has 1 unspecified atom stereocenters. The van der Waals surface area contributed by atoms with Crippen molar-refractivity contribution in [1.29, 1.82) is 0 Å². The number of hydrogen-bond donors (Lipinski definition) is 1. The molecule has 10 heteroatoms. The fourth-order valence-corrected chi connectivity index (χ4v) is 3.57. The van der Waals surface area contributed by atoms with Gasteiger partial charge < -0.3 is 19.5 Å². The average molecular weight is 518 g/mol. The average Bonchev–Trinajstić information content (AvgIpc) is 2.84. The molecule has 0 saturated heterocycles. The Morgan fingerprint density at radius 2 is 1.49 bits per heavy atom. The molecular weight excluding hydrogens is 487 g/mol. The number of carbonyl (C=O) groups is 1. The van der Waals surface area contributed by atoms with Gasteiger partial charge in [0.25, 0.3) is 0 Å². The topological polar surface area (TPSA) is 84.8 Å². The molecule has 0 fully saturated rings. The van der Waals surface area contributed by atoms with E-state index in [1.807, 2.05) is 30.9 Å². The van der Waals surface area contributed by atoms with Crippen LogP contribution in [0, 0.1) is 0 Å². The maximum Gasteiger partial charge on any atom is 0.573 e. The number of ether oxygens (including phenoxy) is 2. The maximum absolute atomic E-state index is 12.5. The summed E-state index contributed by atoms with van der Waals surface area (Å²) in [5.41, 5.74) is 1.39. The van der Waals surface area contributed by atoms with Crippen molar-refractivity contribution < 1.29 is 32.5 Å². The molecule has 1 heterocycles. The van der Waals surface area contributed by atoms with E-state index in [2.05, 4.69) is 14.7 Å². The number of hydrogen-bond acceptors (Lipinski definition) is 6. The van der Waals surface area contributed by atoms with Gasteiger partial charge in [-0.3, -0.25) is 0 Å². The van der Waals surface area contributed by atoms with E-state index in [9.17, 15) is 23.1 Å². The Morgan fingerprint density at radius 1 is 0.946 bits per heavy atom. The Morgan fingerprint density at radius 3 is 2.00 bits per heavy atom. The number of aromatic nitrogens is 2. The first-order chi connectivity index (χ1) is 17.4. The van der Waals surface area contributed by atoms with Crippen molar-refractivity contribution in [3.05, 3.63) is 77.6 Å². The molecule has 0 radical (unpaired) electrons. The summed E-state index contributed by atoms with van der Waals surface area (Å²) in [6.45, 7) is 7.90. The van der Waals surface area contributed by atoms with Crippen LogP contribution in [0.15, 0.2) is 60.9 Å². The maximum atomic E-state index is 12.5. The molecule has 3 rings (SSSR count). The molecule has 198 valence electrons. The lowest BCUT2D eigenvalue weighted by atomic mass is 10.00. The van der Waals surface area contributed by atoms with E-state index in [-0.39, 0.29) is 11.7 Å². The Bertz CT molecular complexity index is 1170. The number of carboxylic acids is 1. The predicted octanol–water partition coefficient (Wildman–Crippen LogP) is 5.99. The molecule has 1 aromatic heterocycles. The van der Waals surface area contributed by atoms with Gasteiger partial charge in [-0.15, -0.1) is 13.2 Å². The van der Waals surface area contributed by atoms with Gasteiger partial charge in [-0.2, -0.15) is 0 Å². The molecule has 0 aliphatic rings. The fraction of sp³-hybridized carbons (Fsp3) is 0.370. The van der Waals surface area contributed by atoms with Crippen molar-refractivity contribution in [3.8, 4) is 11.5 Å². The summed E-state index contributed by atoms with van der Waals surface area (Å²) in [7, 11) is 0. The minimum absolute atomic E-state index is 0.0174. The molecule has 0 aliphatic carbocycles. The molecule has 0 amide bonds. The zero-order valence-corrected chi connectivity index (χ0v) is 21.1. The monoisotopic (exact) mass is 517 g/mol. The van der Waals surface area contributed by atoms with Crippen LogP contribution >= 0.6 is 0 Å². The summed E-state index contributed by atoms with van der Waals surface area (Å²) < 4.78 is 47.0. The van der Waals surface area contributed by atoms with Crippen molar-refractivity contribution >= 4 is 11.9 Å². The number of benzene rings is 2. The lowest BCUT2D eigenvalue weighted by molar-refractivity contribution is -0.274. The van der Waals surface area contributed by atoms with Crippen LogP contribution in [0.3, 0.4) is 0 Å². The highest BCUT2D eigenvalue weighted by molar-refractivity contribution is 5.76. The van der Waals surface area contributed by atoms with Crippen LogP contribution in [0.25, 0.3) is 0 Å². The molecule has 2 aromatic carbocycles. The predicted molar refractivity (Wildman–Crippen MR) is 133 cm³/mol. The van der Waals surface area contributed by atoms with Crippen molar-refractivity contribution in [1.82, 2.24) is 9.97 Å². The third-order valence-electron chi connectivity index (χ3n) is 5.74. The van der Waals surface area contributed by atoms with E-state index in [1.165, 1.54) is 26.0 Å². The summed E-state index contributed by atoms with van der Waals surface area (Å²) in [6.07, 6.45) is -0.431. The molecule has 37 heavy (non-hydrogen) atoms. The number of nitrogens with zero attached hydrogens (tertiary/aromatic N) is 3. The van der Waals surface area contributed by atoms with E-state index in [0.717, 1.165) is 23.1 Å². The highest BCUT2D eigenvalue weighted by atomic mass is 19.4. The highest BCUT2D eigenvalue weighted by Gasteiger charge is 2.31. The Balaban J connectivity index is 1.78. The summed E-state index contributed by atoms with van der Waals surface area (Å²) in [4.78, 5) is 22.3. The van der Waals surface area contributed by atoms with E-state index in [1.54, 1.807) is 36.7 Å². The second-order valence-electron chi connectivity index (χ2n) is 9.20. The summed E-state index contributed by atoms with van der Waals surface area (Å²) in [5.74, 6) is -0.382. The molecular formula is C27H30F3N3O4. The van der Waals surface area contributed by atoms with E-state index >= 15 is 0 Å². The number of halogens is 3. The quantitative estimate of drug-likeness (QED) is 0.334. The van der Waals surface area contributed by atoms with Crippen molar-refractivity contribution in [2.75, 3.05) is 11.4 Å². The molecule has 0 spiro atoms. The highest BCUT2D eigenvalue weighted by Crippen LogP contribution is 2.26. The molecule has 1 atom stereocenters.